The predicted molar refractivity (Wildman–Crippen MR) is 76.9 cm³/mol. The van der Waals surface area contributed by atoms with Gasteiger partial charge in [0, 0.05) is 32.8 Å². The van der Waals surface area contributed by atoms with Gasteiger partial charge in [0.25, 0.3) is 0 Å². The molecule has 0 amide bonds. The molecule has 0 atom stereocenters. The molecule has 2 N–H and O–H groups in total. The van der Waals surface area contributed by atoms with E-state index in [2.05, 4.69) is 18.7 Å². The maximum absolute atomic E-state index is 5.67. The van der Waals surface area contributed by atoms with E-state index in [-0.39, 0.29) is 5.41 Å². The highest BCUT2D eigenvalue weighted by Gasteiger charge is 2.20. The molecule has 0 rings (SSSR count). The second-order valence-corrected chi connectivity index (χ2v) is 5.37. The van der Waals surface area contributed by atoms with Gasteiger partial charge in [-0.05, 0) is 32.2 Å². The van der Waals surface area contributed by atoms with Crippen LogP contribution in [0.2, 0.25) is 0 Å². The van der Waals surface area contributed by atoms with E-state index in [1.165, 1.54) is 0 Å². The summed E-state index contributed by atoms with van der Waals surface area (Å²) in [5, 5.41) is 0. The van der Waals surface area contributed by atoms with Gasteiger partial charge in [0.1, 0.15) is 0 Å². The number of nitrogens with two attached hydrogens (primary N) is 1. The Balaban J connectivity index is 4.08. The van der Waals surface area contributed by atoms with Gasteiger partial charge in [0.05, 0.1) is 13.2 Å². The lowest BCUT2D eigenvalue weighted by molar-refractivity contribution is 0.0640. The summed E-state index contributed by atoms with van der Waals surface area (Å²) >= 11 is 0. The summed E-state index contributed by atoms with van der Waals surface area (Å²) in [6, 6.07) is 0. The third kappa shape index (κ3) is 9.83. The number of hydrogen-bond acceptors (Lipinski definition) is 4. The van der Waals surface area contributed by atoms with Crippen LogP contribution in [0.5, 0.6) is 0 Å². The highest BCUT2D eigenvalue weighted by atomic mass is 16.5. The Morgan fingerprint density at radius 1 is 1.00 bits per heavy atom. The molecule has 0 aromatic rings. The molecule has 0 spiro atoms. The summed E-state index contributed by atoms with van der Waals surface area (Å²) in [4.78, 5) is 2.42. The summed E-state index contributed by atoms with van der Waals surface area (Å²) in [6.07, 6.45) is 1.05. The van der Waals surface area contributed by atoms with Gasteiger partial charge in [-0.25, -0.2) is 0 Å². The molecule has 4 heteroatoms. The SMILES string of the molecule is CCOCCN(CCOCC)CC(C)(C)CCN. The number of rotatable bonds is 12. The second-order valence-electron chi connectivity index (χ2n) is 5.37. The minimum Gasteiger partial charge on any atom is -0.380 e. The van der Waals surface area contributed by atoms with Gasteiger partial charge in [-0.3, -0.25) is 4.90 Å². The van der Waals surface area contributed by atoms with Gasteiger partial charge in [0.15, 0.2) is 0 Å². The van der Waals surface area contributed by atoms with E-state index in [0.717, 1.165) is 59.0 Å². The monoisotopic (exact) mass is 260 g/mol. The van der Waals surface area contributed by atoms with Crippen LogP contribution in [0.25, 0.3) is 0 Å². The molecule has 18 heavy (non-hydrogen) atoms. The Hall–Kier alpha value is -0.160. The third-order valence-corrected chi connectivity index (χ3v) is 2.98. The van der Waals surface area contributed by atoms with Gasteiger partial charge < -0.3 is 15.2 Å². The normalized spacial score (nSPS) is 12.3. The second kappa shape index (κ2) is 10.7. The van der Waals surface area contributed by atoms with E-state index in [1.54, 1.807) is 0 Å². The van der Waals surface area contributed by atoms with E-state index in [9.17, 15) is 0 Å². The lowest BCUT2D eigenvalue weighted by Crippen LogP contribution is -2.39. The van der Waals surface area contributed by atoms with Crippen molar-refractivity contribution in [2.75, 3.05) is 52.6 Å². The number of ether oxygens (including phenoxy) is 2. The summed E-state index contributed by atoms with van der Waals surface area (Å²) in [5.74, 6) is 0. The Labute approximate surface area is 113 Å². The number of hydrogen-bond donors (Lipinski definition) is 1. The van der Waals surface area contributed by atoms with Crippen LogP contribution in [0.4, 0.5) is 0 Å². The van der Waals surface area contributed by atoms with Crippen molar-refractivity contribution in [2.45, 2.75) is 34.1 Å². The van der Waals surface area contributed by atoms with Crippen molar-refractivity contribution in [1.82, 2.24) is 4.90 Å². The third-order valence-electron chi connectivity index (χ3n) is 2.98. The molecule has 0 fully saturated rings. The summed E-state index contributed by atoms with van der Waals surface area (Å²) < 4.78 is 10.9. The Morgan fingerprint density at radius 3 is 1.89 bits per heavy atom. The van der Waals surface area contributed by atoms with Gasteiger partial charge in [-0.2, -0.15) is 0 Å². The first-order valence-electron chi connectivity index (χ1n) is 7.13. The minimum atomic E-state index is 0.257. The largest absolute Gasteiger partial charge is 0.380 e. The van der Waals surface area contributed by atoms with Gasteiger partial charge in [-0.1, -0.05) is 13.8 Å². The molecule has 0 bridgehead atoms. The minimum absolute atomic E-state index is 0.257. The maximum Gasteiger partial charge on any atom is 0.0593 e. The molecule has 110 valence electrons. The zero-order valence-electron chi connectivity index (χ0n) is 12.7. The Kier molecular flexibility index (Phi) is 10.6. The smallest absolute Gasteiger partial charge is 0.0593 e. The van der Waals surface area contributed by atoms with Gasteiger partial charge >= 0.3 is 0 Å². The highest BCUT2D eigenvalue weighted by Crippen LogP contribution is 2.20. The topological polar surface area (TPSA) is 47.7 Å². The standard InChI is InChI=1S/C14H32N2O2/c1-5-17-11-9-16(10-12-18-6-2)13-14(3,4)7-8-15/h5-13,15H2,1-4H3. The van der Waals surface area contributed by atoms with E-state index in [4.69, 9.17) is 15.2 Å². The molecule has 0 unspecified atom stereocenters. The van der Waals surface area contributed by atoms with Crippen LogP contribution in [-0.2, 0) is 9.47 Å². The maximum atomic E-state index is 5.67. The van der Waals surface area contributed by atoms with E-state index in [0.29, 0.717) is 0 Å². The van der Waals surface area contributed by atoms with Crippen LogP contribution in [0, 0.1) is 5.41 Å². The molecule has 0 saturated heterocycles. The predicted octanol–water partition coefficient (Wildman–Crippen LogP) is 1.74. The molecule has 0 saturated carbocycles. The molecule has 0 aliphatic carbocycles. The summed E-state index contributed by atoms with van der Waals surface area (Å²) in [6.45, 7) is 15.5. The van der Waals surface area contributed by atoms with Crippen molar-refractivity contribution in [3.63, 3.8) is 0 Å². The lowest BCUT2D eigenvalue weighted by atomic mass is 9.88. The first kappa shape index (κ1) is 17.8. The van der Waals surface area contributed by atoms with Crippen molar-refractivity contribution in [1.29, 1.82) is 0 Å². The molecular weight excluding hydrogens is 228 g/mol. The fraction of sp³-hybridized carbons (Fsp3) is 1.00. The van der Waals surface area contributed by atoms with E-state index >= 15 is 0 Å². The molecule has 0 heterocycles. The van der Waals surface area contributed by atoms with Crippen molar-refractivity contribution in [3.05, 3.63) is 0 Å². The molecule has 0 aromatic heterocycles. The van der Waals surface area contributed by atoms with Crippen LogP contribution in [0.15, 0.2) is 0 Å². The molecule has 4 nitrogen and oxygen atoms in total. The molecule has 0 aromatic carbocycles. The van der Waals surface area contributed by atoms with E-state index in [1.807, 2.05) is 13.8 Å². The van der Waals surface area contributed by atoms with Crippen molar-refractivity contribution < 1.29 is 9.47 Å². The zero-order valence-corrected chi connectivity index (χ0v) is 12.7. The fourth-order valence-corrected chi connectivity index (χ4v) is 2.02. The van der Waals surface area contributed by atoms with Crippen molar-refractivity contribution in [2.24, 2.45) is 11.1 Å². The quantitative estimate of drug-likeness (QED) is 0.543. The van der Waals surface area contributed by atoms with Crippen LogP contribution in [-0.4, -0.2) is 57.5 Å². The first-order chi connectivity index (χ1) is 8.55. The summed E-state index contributed by atoms with van der Waals surface area (Å²) in [5.41, 5.74) is 5.92. The molecular formula is C14H32N2O2. The first-order valence-corrected chi connectivity index (χ1v) is 7.13. The number of nitrogens with zero attached hydrogens (tertiary/aromatic N) is 1. The molecule has 0 aliphatic rings. The van der Waals surface area contributed by atoms with Crippen molar-refractivity contribution in [3.8, 4) is 0 Å². The average Bonchev–Trinajstić information content (AvgIpc) is 2.28. The van der Waals surface area contributed by atoms with Crippen LogP contribution in [0.3, 0.4) is 0 Å². The average molecular weight is 260 g/mol. The fourth-order valence-electron chi connectivity index (χ4n) is 2.02. The van der Waals surface area contributed by atoms with E-state index < -0.39 is 0 Å². The molecule has 0 radical (unpaired) electrons. The lowest BCUT2D eigenvalue weighted by Gasteiger charge is -2.32. The van der Waals surface area contributed by atoms with Crippen LogP contribution in [0.1, 0.15) is 34.1 Å². The summed E-state index contributed by atoms with van der Waals surface area (Å²) in [7, 11) is 0. The van der Waals surface area contributed by atoms with Crippen LogP contribution >= 0.6 is 0 Å². The Bertz CT molecular complexity index is 177. The highest BCUT2D eigenvalue weighted by molar-refractivity contribution is 4.74. The van der Waals surface area contributed by atoms with Crippen LogP contribution < -0.4 is 5.73 Å². The Morgan fingerprint density at radius 2 is 1.50 bits per heavy atom. The van der Waals surface area contributed by atoms with Crippen molar-refractivity contribution >= 4 is 0 Å². The van der Waals surface area contributed by atoms with Gasteiger partial charge in [0.2, 0.25) is 0 Å². The molecule has 0 aliphatic heterocycles. The zero-order chi connectivity index (χ0) is 13.9. The van der Waals surface area contributed by atoms with Gasteiger partial charge in [-0.15, -0.1) is 0 Å².